The summed E-state index contributed by atoms with van der Waals surface area (Å²) in [5.74, 6) is 0.860. The number of ether oxygens (including phenoxy) is 1. The lowest BCUT2D eigenvalue weighted by Crippen LogP contribution is -2.30. The Balaban J connectivity index is 2.70. The molecule has 0 fully saturated rings. The van der Waals surface area contributed by atoms with Crippen LogP contribution in [0.15, 0.2) is 24.3 Å². The maximum Gasteiger partial charge on any atom is 0.229 e. The Bertz CT molecular complexity index is 360. The molecule has 1 amide bonds. The van der Waals surface area contributed by atoms with Crippen molar-refractivity contribution in [3.8, 4) is 5.75 Å². The number of carbonyl (C=O) groups excluding carboxylic acids is 1. The SMILES string of the molecule is CC(C)C(=O)N(C)c1ccc(OCCN)cc1. The van der Waals surface area contributed by atoms with Crippen LogP contribution in [0.1, 0.15) is 13.8 Å². The number of carbonyl (C=O) groups is 1. The third-order valence-electron chi connectivity index (χ3n) is 2.44. The van der Waals surface area contributed by atoms with E-state index in [0.29, 0.717) is 13.2 Å². The zero-order valence-electron chi connectivity index (χ0n) is 10.6. The predicted molar refractivity (Wildman–Crippen MR) is 69.2 cm³/mol. The number of anilines is 1. The molecule has 0 heterocycles. The predicted octanol–water partition coefficient (Wildman–Crippen LogP) is 1.64. The van der Waals surface area contributed by atoms with Gasteiger partial charge in [0, 0.05) is 25.2 Å². The van der Waals surface area contributed by atoms with Crippen molar-refractivity contribution < 1.29 is 9.53 Å². The molecule has 4 nitrogen and oxygen atoms in total. The second-order valence-electron chi connectivity index (χ2n) is 4.18. The van der Waals surface area contributed by atoms with Crippen molar-refractivity contribution in [1.29, 1.82) is 0 Å². The fourth-order valence-electron chi connectivity index (χ4n) is 1.46. The summed E-state index contributed by atoms with van der Waals surface area (Å²) in [5.41, 5.74) is 6.21. The first-order valence-corrected chi connectivity index (χ1v) is 5.76. The Kier molecular flexibility index (Phi) is 4.97. The second kappa shape index (κ2) is 6.25. The highest BCUT2D eigenvalue weighted by molar-refractivity contribution is 5.94. The van der Waals surface area contributed by atoms with Gasteiger partial charge >= 0.3 is 0 Å². The van der Waals surface area contributed by atoms with E-state index >= 15 is 0 Å². The van der Waals surface area contributed by atoms with Crippen LogP contribution >= 0.6 is 0 Å². The van der Waals surface area contributed by atoms with Gasteiger partial charge < -0.3 is 15.4 Å². The van der Waals surface area contributed by atoms with Crippen molar-refractivity contribution in [2.75, 3.05) is 25.1 Å². The monoisotopic (exact) mass is 236 g/mol. The molecule has 1 aromatic carbocycles. The van der Waals surface area contributed by atoms with Crippen LogP contribution in [0.4, 0.5) is 5.69 Å². The Morgan fingerprint density at radius 1 is 1.35 bits per heavy atom. The van der Waals surface area contributed by atoms with Crippen LogP contribution in [0.3, 0.4) is 0 Å². The molecule has 0 bridgehead atoms. The number of amides is 1. The van der Waals surface area contributed by atoms with Gasteiger partial charge in [-0.1, -0.05) is 13.8 Å². The van der Waals surface area contributed by atoms with Crippen LogP contribution in [0, 0.1) is 5.92 Å². The third kappa shape index (κ3) is 3.75. The fourth-order valence-corrected chi connectivity index (χ4v) is 1.46. The van der Waals surface area contributed by atoms with E-state index in [4.69, 9.17) is 10.5 Å². The lowest BCUT2D eigenvalue weighted by molar-refractivity contribution is -0.121. The first-order chi connectivity index (χ1) is 8.06. The van der Waals surface area contributed by atoms with Gasteiger partial charge in [0.05, 0.1) is 0 Å². The summed E-state index contributed by atoms with van der Waals surface area (Å²) in [5, 5.41) is 0. The summed E-state index contributed by atoms with van der Waals surface area (Å²) in [6.07, 6.45) is 0. The van der Waals surface area contributed by atoms with Crippen LogP contribution in [0.5, 0.6) is 5.75 Å². The summed E-state index contributed by atoms with van der Waals surface area (Å²) >= 11 is 0. The number of nitrogens with zero attached hydrogens (tertiary/aromatic N) is 1. The van der Waals surface area contributed by atoms with Crippen molar-refractivity contribution in [3.05, 3.63) is 24.3 Å². The van der Waals surface area contributed by atoms with Crippen molar-refractivity contribution >= 4 is 11.6 Å². The van der Waals surface area contributed by atoms with Crippen LogP contribution in [-0.4, -0.2) is 26.1 Å². The van der Waals surface area contributed by atoms with E-state index in [2.05, 4.69) is 0 Å². The van der Waals surface area contributed by atoms with Crippen LogP contribution in [-0.2, 0) is 4.79 Å². The molecule has 0 spiro atoms. The number of rotatable bonds is 5. The van der Waals surface area contributed by atoms with E-state index in [9.17, 15) is 4.79 Å². The molecule has 0 aliphatic heterocycles. The lowest BCUT2D eigenvalue weighted by Gasteiger charge is -2.19. The highest BCUT2D eigenvalue weighted by Gasteiger charge is 2.14. The minimum absolute atomic E-state index is 0.00633. The van der Waals surface area contributed by atoms with Gasteiger partial charge in [-0.2, -0.15) is 0 Å². The summed E-state index contributed by atoms with van der Waals surface area (Å²) in [6.45, 7) is 4.77. The lowest BCUT2D eigenvalue weighted by atomic mass is 10.2. The maximum atomic E-state index is 11.8. The first kappa shape index (κ1) is 13.5. The minimum atomic E-state index is -0.00633. The summed E-state index contributed by atoms with van der Waals surface area (Å²) < 4.78 is 5.37. The van der Waals surface area contributed by atoms with Gasteiger partial charge in [0.25, 0.3) is 0 Å². The summed E-state index contributed by atoms with van der Waals surface area (Å²) in [4.78, 5) is 13.4. The van der Waals surface area contributed by atoms with Gasteiger partial charge in [0.1, 0.15) is 12.4 Å². The molecule has 94 valence electrons. The molecule has 0 atom stereocenters. The molecule has 1 rings (SSSR count). The standard InChI is InChI=1S/C13H20N2O2/c1-10(2)13(16)15(3)11-4-6-12(7-5-11)17-9-8-14/h4-7,10H,8-9,14H2,1-3H3. The molecule has 0 radical (unpaired) electrons. The number of hydrogen-bond acceptors (Lipinski definition) is 3. The molecule has 2 N–H and O–H groups in total. The summed E-state index contributed by atoms with van der Waals surface area (Å²) in [7, 11) is 1.78. The van der Waals surface area contributed by atoms with E-state index in [0.717, 1.165) is 11.4 Å². The van der Waals surface area contributed by atoms with Gasteiger partial charge in [0.15, 0.2) is 0 Å². The van der Waals surface area contributed by atoms with Crippen molar-refractivity contribution in [1.82, 2.24) is 0 Å². The van der Waals surface area contributed by atoms with Gasteiger partial charge in [-0.05, 0) is 24.3 Å². The zero-order chi connectivity index (χ0) is 12.8. The molecule has 0 saturated carbocycles. The average molecular weight is 236 g/mol. The van der Waals surface area contributed by atoms with Gasteiger partial charge in [0.2, 0.25) is 5.91 Å². The molecule has 1 aromatic rings. The van der Waals surface area contributed by atoms with E-state index in [1.54, 1.807) is 11.9 Å². The molecular formula is C13H20N2O2. The Hall–Kier alpha value is -1.55. The highest BCUT2D eigenvalue weighted by Crippen LogP contribution is 2.19. The quantitative estimate of drug-likeness (QED) is 0.845. The topological polar surface area (TPSA) is 55.6 Å². The van der Waals surface area contributed by atoms with E-state index in [1.165, 1.54) is 0 Å². The van der Waals surface area contributed by atoms with Crippen molar-refractivity contribution in [2.24, 2.45) is 11.7 Å². The smallest absolute Gasteiger partial charge is 0.229 e. The largest absolute Gasteiger partial charge is 0.492 e. The molecule has 0 aromatic heterocycles. The fraction of sp³-hybridized carbons (Fsp3) is 0.462. The number of benzene rings is 1. The summed E-state index contributed by atoms with van der Waals surface area (Å²) in [6, 6.07) is 7.42. The van der Waals surface area contributed by atoms with E-state index in [-0.39, 0.29) is 11.8 Å². The van der Waals surface area contributed by atoms with E-state index in [1.807, 2.05) is 38.1 Å². The Morgan fingerprint density at radius 2 is 1.94 bits per heavy atom. The second-order valence-corrected chi connectivity index (χ2v) is 4.18. The maximum absolute atomic E-state index is 11.8. The third-order valence-corrected chi connectivity index (χ3v) is 2.44. The Morgan fingerprint density at radius 3 is 2.41 bits per heavy atom. The molecule has 0 aliphatic carbocycles. The van der Waals surface area contributed by atoms with Crippen molar-refractivity contribution in [3.63, 3.8) is 0 Å². The highest BCUT2D eigenvalue weighted by atomic mass is 16.5. The Labute approximate surface area is 102 Å². The van der Waals surface area contributed by atoms with Gasteiger partial charge in [-0.25, -0.2) is 0 Å². The van der Waals surface area contributed by atoms with Crippen molar-refractivity contribution in [2.45, 2.75) is 13.8 Å². The first-order valence-electron chi connectivity index (χ1n) is 5.76. The van der Waals surface area contributed by atoms with Crippen LogP contribution in [0.25, 0.3) is 0 Å². The van der Waals surface area contributed by atoms with Crippen LogP contribution in [0.2, 0.25) is 0 Å². The minimum Gasteiger partial charge on any atom is -0.492 e. The zero-order valence-corrected chi connectivity index (χ0v) is 10.6. The molecule has 17 heavy (non-hydrogen) atoms. The molecule has 0 unspecified atom stereocenters. The average Bonchev–Trinajstić information content (AvgIpc) is 2.35. The molecular weight excluding hydrogens is 216 g/mol. The molecule has 4 heteroatoms. The number of hydrogen-bond donors (Lipinski definition) is 1. The van der Waals surface area contributed by atoms with Gasteiger partial charge in [-0.15, -0.1) is 0 Å². The molecule has 0 saturated heterocycles. The van der Waals surface area contributed by atoms with E-state index < -0.39 is 0 Å². The van der Waals surface area contributed by atoms with Gasteiger partial charge in [-0.3, -0.25) is 4.79 Å². The normalized spacial score (nSPS) is 10.4. The van der Waals surface area contributed by atoms with Crippen LogP contribution < -0.4 is 15.4 Å². The molecule has 0 aliphatic rings. The number of nitrogens with two attached hydrogens (primary N) is 1.